The van der Waals surface area contributed by atoms with E-state index >= 15 is 0 Å². The smallest absolute Gasteiger partial charge is 0.227 e. The van der Waals surface area contributed by atoms with Crippen LogP contribution in [0.3, 0.4) is 0 Å². The first-order valence-electron chi connectivity index (χ1n) is 5.94. The second-order valence-corrected chi connectivity index (χ2v) is 5.44. The van der Waals surface area contributed by atoms with Gasteiger partial charge in [-0.2, -0.15) is 0 Å². The molecule has 0 fully saturated rings. The Hall–Kier alpha value is -1.75. The van der Waals surface area contributed by atoms with Gasteiger partial charge >= 0.3 is 0 Å². The molecule has 0 N–H and O–H groups in total. The molecular weight excluding hydrogens is 263 g/mol. The van der Waals surface area contributed by atoms with Gasteiger partial charge in [-0.15, -0.1) is 11.3 Å². The van der Waals surface area contributed by atoms with Gasteiger partial charge in [-0.1, -0.05) is 18.2 Å². The number of carbonyl (C=O) groups excluding carboxylic acids is 1. The zero-order chi connectivity index (χ0) is 13.8. The first kappa shape index (κ1) is 13.7. The average Bonchev–Trinajstić information content (AvgIpc) is 2.77. The van der Waals surface area contributed by atoms with E-state index in [0.29, 0.717) is 12.1 Å². The van der Waals surface area contributed by atoms with Crippen molar-refractivity contribution < 1.29 is 9.18 Å². The van der Waals surface area contributed by atoms with Crippen molar-refractivity contribution in [3.05, 3.63) is 51.7 Å². The van der Waals surface area contributed by atoms with Crippen LogP contribution < -0.4 is 0 Å². The standard InChI is InChI=1S/C14H15FN2OS/c1-10-16-12(9-19-10)8-17(2)14(18)7-11-5-3-4-6-13(11)15/h3-6,9H,7-8H2,1-2H3. The van der Waals surface area contributed by atoms with Gasteiger partial charge in [0, 0.05) is 12.4 Å². The molecule has 0 aliphatic heterocycles. The topological polar surface area (TPSA) is 33.2 Å². The van der Waals surface area contributed by atoms with Crippen LogP contribution in [0.1, 0.15) is 16.3 Å². The van der Waals surface area contributed by atoms with Gasteiger partial charge in [0.15, 0.2) is 0 Å². The summed E-state index contributed by atoms with van der Waals surface area (Å²) in [6.45, 7) is 2.38. The van der Waals surface area contributed by atoms with Crippen LogP contribution in [-0.4, -0.2) is 22.8 Å². The lowest BCUT2D eigenvalue weighted by Gasteiger charge is -2.16. The Morgan fingerprint density at radius 2 is 2.16 bits per heavy atom. The number of likely N-dealkylation sites (N-methyl/N-ethyl adjacent to an activating group) is 1. The molecule has 3 nitrogen and oxygen atoms in total. The number of thiazole rings is 1. The zero-order valence-electron chi connectivity index (χ0n) is 10.9. The summed E-state index contributed by atoms with van der Waals surface area (Å²) < 4.78 is 13.5. The van der Waals surface area contributed by atoms with E-state index in [-0.39, 0.29) is 18.1 Å². The third-order valence-electron chi connectivity index (χ3n) is 2.79. The van der Waals surface area contributed by atoms with E-state index in [2.05, 4.69) is 4.98 Å². The number of aryl methyl sites for hydroxylation is 1. The molecule has 2 aromatic rings. The number of hydrogen-bond acceptors (Lipinski definition) is 3. The van der Waals surface area contributed by atoms with Crippen LogP contribution in [0.25, 0.3) is 0 Å². The Morgan fingerprint density at radius 3 is 2.79 bits per heavy atom. The minimum absolute atomic E-state index is 0.0757. The summed E-state index contributed by atoms with van der Waals surface area (Å²) >= 11 is 1.56. The summed E-state index contributed by atoms with van der Waals surface area (Å²) in [5, 5.41) is 2.91. The monoisotopic (exact) mass is 278 g/mol. The minimum atomic E-state index is -0.339. The van der Waals surface area contributed by atoms with E-state index < -0.39 is 0 Å². The fraction of sp³-hybridized carbons (Fsp3) is 0.286. The molecule has 1 heterocycles. The normalized spacial score (nSPS) is 10.5. The number of aromatic nitrogens is 1. The second-order valence-electron chi connectivity index (χ2n) is 4.38. The van der Waals surface area contributed by atoms with Gasteiger partial charge in [-0.3, -0.25) is 4.79 Å². The number of amides is 1. The molecule has 0 saturated carbocycles. The van der Waals surface area contributed by atoms with E-state index in [9.17, 15) is 9.18 Å². The van der Waals surface area contributed by atoms with Crippen molar-refractivity contribution in [3.63, 3.8) is 0 Å². The number of carbonyl (C=O) groups is 1. The molecule has 1 amide bonds. The Morgan fingerprint density at radius 1 is 1.42 bits per heavy atom. The highest BCUT2D eigenvalue weighted by Crippen LogP contribution is 2.12. The first-order valence-corrected chi connectivity index (χ1v) is 6.82. The number of nitrogens with zero attached hydrogens (tertiary/aromatic N) is 2. The van der Waals surface area contributed by atoms with Gasteiger partial charge in [0.25, 0.3) is 0 Å². The molecule has 0 spiro atoms. The Balaban J connectivity index is 1.98. The quantitative estimate of drug-likeness (QED) is 0.861. The van der Waals surface area contributed by atoms with Gasteiger partial charge in [-0.05, 0) is 18.6 Å². The summed E-state index contributed by atoms with van der Waals surface area (Å²) in [5.74, 6) is -0.454. The fourth-order valence-corrected chi connectivity index (χ4v) is 2.36. The predicted octanol–water partition coefficient (Wildman–Crippen LogP) is 2.79. The highest BCUT2D eigenvalue weighted by Gasteiger charge is 2.13. The first-order chi connectivity index (χ1) is 9.06. The molecule has 0 bridgehead atoms. The maximum absolute atomic E-state index is 13.5. The number of rotatable bonds is 4. The summed E-state index contributed by atoms with van der Waals surface area (Å²) in [5.41, 5.74) is 1.29. The van der Waals surface area contributed by atoms with Gasteiger partial charge in [0.05, 0.1) is 23.7 Å². The minimum Gasteiger partial charge on any atom is -0.340 e. The molecule has 19 heavy (non-hydrogen) atoms. The average molecular weight is 278 g/mol. The van der Waals surface area contributed by atoms with Crippen LogP contribution in [0, 0.1) is 12.7 Å². The lowest BCUT2D eigenvalue weighted by molar-refractivity contribution is -0.129. The van der Waals surface area contributed by atoms with Crippen molar-refractivity contribution in [1.82, 2.24) is 9.88 Å². The third-order valence-corrected chi connectivity index (χ3v) is 3.61. The van der Waals surface area contributed by atoms with Crippen LogP contribution in [0.5, 0.6) is 0 Å². The molecular formula is C14H15FN2OS. The molecule has 0 atom stereocenters. The van der Waals surface area contributed by atoms with Crippen molar-refractivity contribution in [1.29, 1.82) is 0 Å². The highest BCUT2D eigenvalue weighted by atomic mass is 32.1. The van der Waals surface area contributed by atoms with Crippen LogP contribution >= 0.6 is 11.3 Å². The van der Waals surface area contributed by atoms with Crippen LogP contribution in [0.4, 0.5) is 4.39 Å². The second kappa shape index (κ2) is 5.93. The largest absolute Gasteiger partial charge is 0.340 e. The van der Waals surface area contributed by atoms with Crippen LogP contribution in [0.15, 0.2) is 29.6 Å². The van der Waals surface area contributed by atoms with E-state index in [1.807, 2.05) is 12.3 Å². The summed E-state index contributed by atoms with van der Waals surface area (Å²) in [7, 11) is 1.71. The van der Waals surface area contributed by atoms with E-state index in [1.54, 1.807) is 41.5 Å². The van der Waals surface area contributed by atoms with Crippen LogP contribution in [-0.2, 0) is 17.8 Å². The SMILES string of the molecule is Cc1nc(CN(C)C(=O)Cc2ccccc2F)cs1. The Bertz CT molecular complexity index is 582. The fourth-order valence-electron chi connectivity index (χ4n) is 1.75. The predicted molar refractivity (Wildman–Crippen MR) is 73.4 cm³/mol. The number of hydrogen-bond donors (Lipinski definition) is 0. The number of benzene rings is 1. The maximum Gasteiger partial charge on any atom is 0.227 e. The van der Waals surface area contributed by atoms with Gasteiger partial charge in [0.1, 0.15) is 5.82 Å². The third kappa shape index (κ3) is 3.61. The maximum atomic E-state index is 13.5. The Labute approximate surface area is 115 Å². The van der Waals surface area contributed by atoms with Crippen molar-refractivity contribution >= 4 is 17.2 Å². The molecule has 2 rings (SSSR count). The molecule has 0 unspecified atom stereocenters. The molecule has 0 aliphatic carbocycles. The molecule has 100 valence electrons. The summed E-state index contributed by atoms with van der Waals surface area (Å²) in [4.78, 5) is 17.9. The van der Waals surface area contributed by atoms with Gasteiger partial charge in [-0.25, -0.2) is 9.37 Å². The van der Waals surface area contributed by atoms with Crippen LogP contribution in [0.2, 0.25) is 0 Å². The van der Waals surface area contributed by atoms with Crippen molar-refractivity contribution in [2.24, 2.45) is 0 Å². The summed E-state index contributed by atoms with van der Waals surface area (Å²) in [6, 6.07) is 6.35. The lowest BCUT2D eigenvalue weighted by atomic mass is 10.1. The molecule has 0 radical (unpaired) electrons. The molecule has 5 heteroatoms. The van der Waals surface area contributed by atoms with E-state index in [4.69, 9.17) is 0 Å². The van der Waals surface area contributed by atoms with Gasteiger partial charge < -0.3 is 4.90 Å². The Kier molecular flexibility index (Phi) is 4.27. The van der Waals surface area contributed by atoms with Crippen molar-refractivity contribution in [2.45, 2.75) is 19.9 Å². The van der Waals surface area contributed by atoms with Crippen molar-refractivity contribution in [3.8, 4) is 0 Å². The van der Waals surface area contributed by atoms with E-state index in [0.717, 1.165) is 10.7 Å². The molecule has 1 aromatic heterocycles. The van der Waals surface area contributed by atoms with Crippen molar-refractivity contribution in [2.75, 3.05) is 7.05 Å². The highest BCUT2D eigenvalue weighted by molar-refractivity contribution is 7.09. The molecule has 0 saturated heterocycles. The summed E-state index contributed by atoms with van der Waals surface area (Å²) in [6.07, 6.45) is 0.0757. The zero-order valence-corrected chi connectivity index (χ0v) is 11.7. The molecule has 1 aromatic carbocycles. The molecule has 0 aliphatic rings. The number of halogens is 1. The lowest BCUT2D eigenvalue weighted by Crippen LogP contribution is -2.28. The van der Waals surface area contributed by atoms with E-state index in [1.165, 1.54) is 6.07 Å². The van der Waals surface area contributed by atoms with Gasteiger partial charge in [0.2, 0.25) is 5.91 Å².